The van der Waals surface area contributed by atoms with Gasteiger partial charge in [0.25, 0.3) is 5.91 Å². The van der Waals surface area contributed by atoms with Crippen molar-refractivity contribution in [3.05, 3.63) is 17.5 Å². The van der Waals surface area contributed by atoms with Crippen molar-refractivity contribution in [2.75, 3.05) is 20.6 Å². The number of likely N-dealkylation sites (tertiary alicyclic amines) is 1. The normalized spacial score (nSPS) is 25.7. The molecule has 1 N–H and O–H groups in total. The largest absolute Gasteiger partial charge is 0.383 e. The second kappa shape index (κ2) is 7.55. The molecule has 2 heterocycles. The van der Waals surface area contributed by atoms with Gasteiger partial charge in [0, 0.05) is 12.6 Å². The molecule has 3 rings (SSSR count). The van der Waals surface area contributed by atoms with E-state index in [1.54, 1.807) is 6.07 Å². The molecular formula is C22H35F2N3O3. The standard InChI is InChI=1S/C22H35F2N3O3/c1-19(2)12-20(3,4)14-21(29,13-19)22(23,24)18(28)27-9-7-8-17(27)16-10-15(30-25-16)11-26(5)6/h10,17,29H,7-9,11-14H2,1-6H3/t17-/m0/s1. The van der Waals surface area contributed by atoms with E-state index in [4.69, 9.17) is 4.52 Å². The molecule has 170 valence electrons. The molecule has 2 fully saturated rings. The third kappa shape index (κ3) is 4.40. The predicted octanol–water partition coefficient (Wildman–Crippen LogP) is 4.00. The summed E-state index contributed by atoms with van der Waals surface area (Å²) >= 11 is 0. The van der Waals surface area contributed by atoms with Gasteiger partial charge in [0.2, 0.25) is 0 Å². The summed E-state index contributed by atoms with van der Waals surface area (Å²) in [5, 5.41) is 15.2. The summed E-state index contributed by atoms with van der Waals surface area (Å²) in [5.74, 6) is -4.56. The van der Waals surface area contributed by atoms with Crippen molar-refractivity contribution < 1.29 is 23.2 Å². The first-order valence-electron chi connectivity index (χ1n) is 10.7. The van der Waals surface area contributed by atoms with Gasteiger partial charge in [-0.25, -0.2) is 0 Å². The number of hydrogen-bond donors (Lipinski definition) is 1. The average Bonchev–Trinajstić information content (AvgIpc) is 3.18. The fourth-order valence-electron chi connectivity index (χ4n) is 5.86. The molecule has 30 heavy (non-hydrogen) atoms. The summed E-state index contributed by atoms with van der Waals surface area (Å²) < 4.78 is 36.5. The molecule has 1 atom stereocenters. The molecule has 8 heteroatoms. The summed E-state index contributed by atoms with van der Waals surface area (Å²) in [6.07, 6.45) is 1.64. The number of hydrogen-bond acceptors (Lipinski definition) is 5. The maximum atomic E-state index is 15.6. The van der Waals surface area contributed by atoms with Gasteiger partial charge in [-0.05, 0) is 57.0 Å². The van der Waals surface area contributed by atoms with Crippen LogP contribution in [0.2, 0.25) is 0 Å². The van der Waals surface area contributed by atoms with E-state index < -0.39 is 34.3 Å². The second-order valence-corrected chi connectivity index (χ2v) is 11.1. The molecule has 1 aliphatic heterocycles. The van der Waals surface area contributed by atoms with Crippen molar-refractivity contribution in [3.8, 4) is 0 Å². The zero-order chi connectivity index (χ0) is 22.5. The minimum Gasteiger partial charge on any atom is -0.383 e. The lowest BCUT2D eigenvalue weighted by Crippen LogP contribution is -2.62. The van der Waals surface area contributed by atoms with Crippen LogP contribution in [0.15, 0.2) is 10.6 Å². The van der Waals surface area contributed by atoms with Gasteiger partial charge in [0.1, 0.15) is 11.3 Å². The van der Waals surface area contributed by atoms with Crippen LogP contribution in [-0.2, 0) is 11.3 Å². The van der Waals surface area contributed by atoms with Crippen LogP contribution in [0.1, 0.15) is 77.3 Å². The first kappa shape index (κ1) is 23.1. The molecule has 1 aromatic rings. The van der Waals surface area contributed by atoms with Crippen molar-refractivity contribution in [2.24, 2.45) is 10.8 Å². The lowest BCUT2D eigenvalue weighted by molar-refractivity contribution is -0.231. The maximum Gasteiger partial charge on any atom is 0.352 e. The maximum absolute atomic E-state index is 15.6. The molecule has 1 saturated heterocycles. The van der Waals surface area contributed by atoms with E-state index in [0.29, 0.717) is 37.3 Å². The molecule has 1 aromatic heterocycles. The summed E-state index contributed by atoms with van der Waals surface area (Å²) in [6.45, 7) is 8.25. The Bertz CT molecular complexity index is 772. The highest BCUT2D eigenvalue weighted by atomic mass is 19.3. The number of nitrogens with zero attached hydrogens (tertiary/aromatic N) is 3. The van der Waals surface area contributed by atoms with E-state index in [0.717, 1.165) is 0 Å². The van der Waals surface area contributed by atoms with E-state index in [9.17, 15) is 9.90 Å². The number of rotatable bonds is 5. The molecule has 6 nitrogen and oxygen atoms in total. The van der Waals surface area contributed by atoms with Crippen molar-refractivity contribution in [1.29, 1.82) is 0 Å². The van der Waals surface area contributed by atoms with Crippen LogP contribution in [-0.4, -0.2) is 58.1 Å². The second-order valence-electron chi connectivity index (χ2n) is 11.1. The monoisotopic (exact) mass is 427 g/mol. The van der Waals surface area contributed by atoms with Crippen molar-refractivity contribution >= 4 is 5.91 Å². The minimum absolute atomic E-state index is 0.113. The highest BCUT2D eigenvalue weighted by molar-refractivity contribution is 5.85. The number of alkyl halides is 2. The van der Waals surface area contributed by atoms with Gasteiger partial charge in [-0.2, -0.15) is 8.78 Å². The van der Waals surface area contributed by atoms with Crippen LogP contribution in [0.25, 0.3) is 0 Å². The first-order valence-corrected chi connectivity index (χ1v) is 10.7. The fourth-order valence-corrected chi connectivity index (χ4v) is 5.86. The molecule has 0 aromatic carbocycles. The first-order chi connectivity index (χ1) is 13.7. The summed E-state index contributed by atoms with van der Waals surface area (Å²) in [4.78, 5) is 16.2. The third-order valence-electron chi connectivity index (χ3n) is 6.26. The number of aliphatic hydroxyl groups is 1. The quantitative estimate of drug-likeness (QED) is 0.769. The zero-order valence-electron chi connectivity index (χ0n) is 19.0. The molecule has 1 amide bonds. The van der Waals surface area contributed by atoms with Crippen molar-refractivity contribution in [2.45, 2.75) is 83.9 Å². The Balaban J connectivity index is 1.85. The van der Waals surface area contributed by atoms with Crippen LogP contribution in [0.5, 0.6) is 0 Å². The van der Waals surface area contributed by atoms with Gasteiger partial charge >= 0.3 is 5.92 Å². The van der Waals surface area contributed by atoms with Gasteiger partial charge in [-0.1, -0.05) is 32.9 Å². The Kier molecular flexibility index (Phi) is 5.82. The molecule has 0 radical (unpaired) electrons. The van der Waals surface area contributed by atoms with Gasteiger partial charge in [0.15, 0.2) is 5.76 Å². The van der Waals surface area contributed by atoms with E-state index in [2.05, 4.69) is 5.16 Å². The third-order valence-corrected chi connectivity index (χ3v) is 6.26. The molecule has 1 aliphatic carbocycles. The number of carbonyl (C=O) groups is 1. The van der Waals surface area contributed by atoms with Gasteiger partial charge in [0.05, 0.1) is 12.6 Å². The predicted molar refractivity (Wildman–Crippen MR) is 109 cm³/mol. The van der Waals surface area contributed by atoms with Gasteiger partial charge < -0.3 is 19.4 Å². The lowest BCUT2D eigenvalue weighted by atomic mass is 9.58. The van der Waals surface area contributed by atoms with Gasteiger partial charge in [-0.15, -0.1) is 0 Å². The van der Waals surface area contributed by atoms with E-state index >= 15 is 8.78 Å². The van der Waals surface area contributed by atoms with Crippen LogP contribution in [0.3, 0.4) is 0 Å². The minimum atomic E-state index is -3.87. The SMILES string of the molecule is CN(C)Cc1cc([C@@H]2CCCN2C(=O)C(F)(F)C2(O)CC(C)(C)CC(C)(C)C2)no1. The van der Waals surface area contributed by atoms with Gasteiger partial charge in [-0.3, -0.25) is 4.79 Å². The summed E-state index contributed by atoms with van der Waals surface area (Å²) in [7, 11) is 3.78. The van der Waals surface area contributed by atoms with E-state index in [1.165, 1.54) is 4.90 Å². The Labute approximate surface area is 177 Å². The Morgan fingerprint density at radius 3 is 2.43 bits per heavy atom. The van der Waals surface area contributed by atoms with Crippen LogP contribution < -0.4 is 0 Å². The Morgan fingerprint density at radius 2 is 1.87 bits per heavy atom. The Hall–Kier alpha value is -1.54. The number of amides is 1. The lowest BCUT2D eigenvalue weighted by Gasteiger charge is -2.51. The topological polar surface area (TPSA) is 69.8 Å². The number of halogens is 2. The molecule has 0 unspecified atom stereocenters. The number of aromatic nitrogens is 1. The van der Waals surface area contributed by atoms with E-state index in [1.807, 2.05) is 46.7 Å². The smallest absolute Gasteiger partial charge is 0.352 e. The molecular weight excluding hydrogens is 392 g/mol. The summed E-state index contributed by atoms with van der Waals surface area (Å²) in [6, 6.07) is 1.17. The summed E-state index contributed by atoms with van der Waals surface area (Å²) in [5.41, 5.74) is -2.86. The highest BCUT2D eigenvalue weighted by Gasteiger charge is 2.65. The molecule has 2 aliphatic rings. The highest BCUT2D eigenvalue weighted by Crippen LogP contribution is 2.55. The molecule has 0 bridgehead atoms. The zero-order valence-corrected chi connectivity index (χ0v) is 19.0. The van der Waals surface area contributed by atoms with Crippen molar-refractivity contribution in [3.63, 3.8) is 0 Å². The molecule has 0 spiro atoms. The van der Waals surface area contributed by atoms with Crippen LogP contribution in [0.4, 0.5) is 8.78 Å². The fraction of sp³-hybridized carbons (Fsp3) is 0.818. The van der Waals surface area contributed by atoms with E-state index in [-0.39, 0.29) is 19.4 Å². The number of carbonyl (C=O) groups excluding carboxylic acids is 1. The molecule has 1 saturated carbocycles. The Morgan fingerprint density at radius 1 is 1.27 bits per heavy atom. The average molecular weight is 428 g/mol. The van der Waals surface area contributed by atoms with Crippen LogP contribution in [0, 0.1) is 10.8 Å². The van der Waals surface area contributed by atoms with Crippen molar-refractivity contribution in [1.82, 2.24) is 15.0 Å². The van der Waals surface area contributed by atoms with Crippen LogP contribution >= 0.6 is 0 Å².